The summed E-state index contributed by atoms with van der Waals surface area (Å²) in [7, 11) is -4.09. The highest BCUT2D eigenvalue weighted by Gasteiger charge is 2.33. The third kappa shape index (κ3) is 6.66. The zero-order valence-electron chi connectivity index (χ0n) is 19.6. The number of nitrogens with two attached hydrogens (primary N) is 1. The number of aromatic nitrogens is 2. The molecule has 2 heterocycles. The van der Waals surface area contributed by atoms with Gasteiger partial charge in [-0.2, -0.15) is 5.26 Å². The molecule has 3 aromatic rings. The fourth-order valence-electron chi connectivity index (χ4n) is 3.58. The first kappa shape index (κ1) is 26.3. The Labute approximate surface area is 203 Å². The molecule has 7 N–H and O–H groups in total. The summed E-state index contributed by atoms with van der Waals surface area (Å²) in [5.74, 6) is 0.0989. The third-order valence-corrected chi connectivity index (χ3v) is 6.69. The van der Waals surface area contributed by atoms with Gasteiger partial charge in [0.15, 0.2) is 5.60 Å². The summed E-state index contributed by atoms with van der Waals surface area (Å²) in [6, 6.07) is 13.2. The first-order valence-corrected chi connectivity index (χ1v) is 12.7. The van der Waals surface area contributed by atoms with Crippen LogP contribution in [0.4, 0.5) is 0 Å². The second-order valence-electron chi connectivity index (χ2n) is 8.06. The quantitative estimate of drug-likeness (QED) is 0.118. The van der Waals surface area contributed by atoms with Gasteiger partial charge in [0.05, 0.1) is 24.1 Å². The Morgan fingerprint density at radius 1 is 1.43 bits per heavy atom. The molecule has 0 fully saturated rings. The third-order valence-electron chi connectivity index (χ3n) is 5.57. The number of nitriles is 1. The highest BCUT2D eigenvalue weighted by molar-refractivity contribution is 7.50. The van der Waals surface area contributed by atoms with Gasteiger partial charge < -0.3 is 25.3 Å². The molecule has 0 saturated heterocycles. The molecule has 3 atom stereocenters. The van der Waals surface area contributed by atoms with E-state index < -0.39 is 19.5 Å². The minimum absolute atomic E-state index is 0.0989. The molecule has 3 rings (SSSR count). The summed E-state index contributed by atoms with van der Waals surface area (Å²) in [5, 5.41) is 20.5. The molecule has 0 radical (unpaired) electrons. The highest BCUT2D eigenvalue weighted by Crippen LogP contribution is 2.38. The minimum atomic E-state index is -4.09. The SMILES string of the molecule is CCC(COP(=O)(O)NCCc1c[nH]c2ccccc12)OC(C)(C#N)c1ccc(/C(N)=N\C=N)[nH]1. The number of aliphatic imine (C=N–C) groups is 1. The number of hydrogen-bond acceptors (Lipinski definition) is 5. The van der Waals surface area contributed by atoms with Crippen molar-refractivity contribution in [3.63, 3.8) is 0 Å². The maximum absolute atomic E-state index is 12.5. The fraction of sp³-hybridized carbons (Fsp3) is 0.348. The predicted molar refractivity (Wildman–Crippen MR) is 134 cm³/mol. The number of ether oxygens (including phenoxy) is 1. The summed E-state index contributed by atoms with van der Waals surface area (Å²) in [6.07, 6.45) is 3.06. The number of fused-ring (bicyclic) bond motifs is 1. The van der Waals surface area contributed by atoms with Crippen molar-refractivity contribution in [3.8, 4) is 6.07 Å². The van der Waals surface area contributed by atoms with E-state index in [1.54, 1.807) is 19.1 Å². The highest BCUT2D eigenvalue weighted by atomic mass is 31.2. The van der Waals surface area contributed by atoms with Crippen molar-refractivity contribution < 1.29 is 18.7 Å². The van der Waals surface area contributed by atoms with Crippen LogP contribution in [0.15, 0.2) is 47.6 Å². The Hall–Kier alpha value is -3.26. The molecule has 11 nitrogen and oxygen atoms in total. The van der Waals surface area contributed by atoms with Gasteiger partial charge in [-0.1, -0.05) is 25.1 Å². The summed E-state index contributed by atoms with van der Waals surface area (Å²) >= 11 is 0. The van der Waals surface area contributed by atoms with Gasteiger partial charge in [-0.25, -0.2) is 14.6 Å². The Morgan fingerprint density at radius 3 is 2.91 bits per heavy atom. The van der Waals surface area contributed by atoms with E-state index in [1.165, 1.54) is 0 Å². The Bertz CT molecular complexity index is 1280. The lowest BCUT2D eigenvalue weighted by atomic mass is 10.0. The second kappa shape index (κ2) is 11.4. The summed E-state index contributed by atoms with van der Waals surface area (Å²) in [5.41, 5.74) is 7.30. The summed E-state index contributed by atoms with van der Waals surface area (Å²) in [6.45, 7) is 3.46. The largest absolute Gasteiger partial charge is 0.403 e. The number of nitrogens with one attached hydrogen (secondary N) is 4. The Kier molecular flexibility index (Phi) is 8.62. The zero-order valence-corrected chi connectivity index (χ0v) is 20.5. The topological polar surface area (TPSA) is 185 Å². The van der Waals surface area contributed by atoms with Crippen LogP contribution in [-0.4, -0.2) is 46.3 Å². The molecule has 0 spiro atoms. The van der Waals surface area contributed by atoms with Crippen LogP contribution >= 0.6 is 7.75 Å². The van der Waals surface area contributed by atoms with Gasteiger partial charge in [-0.15, -0.1) is 0 Å². The molecule has 35 heavy (non-hydrogen) atoms. The van der Waals surface area contributed by atoms with Crippen LogP contribution in [0, 0.1) is 16.7 Å². The molecule has 12 heteroatoms. The number of benzene rings is 1. The van der Waals surface area contributed by atoms with Crippen molar-refractivity contribution >= 4 is 30.8 Å². The number of nitrogens with zero attached hydrogens (tertiary/aromatic N) is 2. The van der Waals surface area contributed by atoms with Gasteiger partial charge in [-0.05, 0) is 43.5 Å². The van der Waals surface area contributed by atoms with Crippen LogP contribution in [0.2, 0.25) is 0 Å². The number of hydrogen-bond donors (Lipinski definition) is 6. The van der Waals surface area contributed by atoms with E-state index in [1.807, 2.05) is 37.4 Å². The molecule has 0 aliphatic heterocycles. The molecular formula is C23H30N7O4P. The van der Waals surface area contributed by atoms with Gasteiger partial charge in [-0.3, -0.25) is 9.93 Å². The number of para-hydroxylation sites is 1. The molecule has 0 amide bonds. The smallest absolute Gasteiger partial charge is 0.382 e. The molecular weight excluding hydrogens is 469 g/mol. The average molecular weight is 500 g/mol. The number of H-pyrrole nitrogens is 2. The monoisotopic (exact) mass is 499 g/mol. The second-order valence-corrected chi connectivity index (χ2v) is 9.67. The van der Waals surface area contributed by atoms with Gasteiger partial charge in [0, 0.05) is 23.6 Å². The van der Waals surface area contributed by atoms with Gasteiger partial charge in [0.2, 0.25) is 0 Å². The number of amidine groups is 1. The van der Waals surface area contributed by atoms with Gasteiger partial charge in [0.25, 0.3) is 0 Å². The van der Waals surface area contributed by atoms with E-state index in [9.17, 15) is 14.7 Å². The van der Waals surface area contributed by atoms with E-state index in [0.29, 0.717) is 24.2 Å². The first-order valence-electron chi connectivity index (χ1n) is 11.1. The molecule has 0 saturated carbocycles. The molecule has 186 valence electrons. The first-order chi connectivity index (χ1) is 16.7. The zero-order chi connectivity index (χ0) is 25.5. The number of aromatic amines is 2. The van der Waals surface area contributed by atoms with Gasteiger partial charge in [0.1, 0.15) is 18.2 Å². The maximum Gasteiger partial charge on any atom is 0.403 e. The van der Waals surface area contributed by atoms with Crippen LogP contribution in [-0.2, 0) is 25.8 Å². The van der Waals surface area contributed by atoms with E-state index >= 15 is 0 Å². The van der Waals surface area contributed by atoms with Crippen molar-refractivity contribution in [1.29, 1.82) is 10.7 Å². The lowest BCUT2D eigenvalue weighted by Crippen LogP contribution is -2.33. The predicted octanol–water partition coefficient (Wildman–Crippen LogP) is 3.29. The summed E-state index contributed by atoms with van der Waals surface area (Å²) < 4.78 is 23.8. The molecule has 2 aromatic heterocycles. The van der Waals surface area contributed by atoms with Gasteiger partial charge >= 0.3 is 7.75 Å². The van der Waals surface area contributed by atoms with Crippen LogP contribution in [0.5, 0.6) is 0 Å². The van der Waals surface area contributed by atoms with Crippen LogP contribution in [0.3, 0.4) is 0 Å². The lowest BCUT2D eigenvalue weighted by molar-refractivity contribution is -0.0732. The summed E-state index contributed by atoms with van der Waals surface area (Å²) in [4.78, 5) is 20.1. The Balaban J connectivity index is 1.56. The van der Waals surface area contributed by atoms with Crippen LogP contribution in [0.1, 0.15) is 37.2 Å². The molecule has 1 aromatic carbocycles. The van der Waals surface area contributed by atoms with Crippen molar-refractivity contribution in [2.24, 2.45) is 10.7 Å². The van der Waals surface area contributed by atoms with Crippen molar-refractivity contribution in [2.45, 2.75) is 38.4 Å². The normalized spacial score (nSPS) is 16.3. The lowest BCUT2D eigenvalue weighted by Gasteiger charge is -2.28. The van der Waals surface area contributed by atoms with E-state index in [-0.39, 0.29) is 19.0 Å². The molecule has 0 aliphatic rings. The Morgan fingerprint density at radius 2 is 2.20 bits per heavy atom. The molecule has 3 unspecified atom stereocenters. The van der Waals surface area contributed by atoms with Crippen LogP contribution < -0.4 is 10.8 Å². The van der Waals surface area contributed by atoms with E-state index in [4.69, 9.17) is 20.4 Å². The molecule has 0 aliphatic carbocycles. The number of rotatable bonds is 13. The maximum atomic E-state index is 12.5. The van der Waals surface area contributed by atoms with Crippen molar-refractivity contribution in [1.82, 2.24) is 15.1 Å². The minimum Gasteiger partial charge on any atom is -0.382 e. The average Bonchev–Trinajstić information content (AvgIpc) is 3.50. The van der Waals surface area contributed by atoms with Crippen LogP contribution in [0.25, 0.3) is 10.9 Å². The van der Waals surface area contributed by atoms with Crippen molar-refractivity contribution in [2.75, 3.05) is 13.2 Å². The fourth-order valence-corrected chi connectivity index (χ4v) is 4.43. The standard InChI is InChI=1S/C23H30N7O4P/c1-3-17(34-23(2,14-24)21-9-8-20(30-21)22(26)28-15-25)13-33-35(31,32)29-11-10-16-12-27-19-7-5-4-6-18(16)19/h4-9,12,15,17,27,30H,3,10-11,13H2,1-2H3,(H3,25,26,28)(H2,29,31,32). The van der Waals surface area contributed by atoms with E-state index in [0.717, 1.165) is 22.8 Å². The molecule has 0 bridgehead atoms. The van der Waals surface area contributed by atoms with Crippen molar-refractivity contribution in [3.05, 3.63) is 59.5 Å². The van der Waals surface area contributed by atoms with E-state index in [2.05, 4.69) is 26.1 Å².